The van der Waals surface area contributed by atoms with Gasteiger partial charge in [-0.2, -0.15) is 0 Å². The normalized spacial score (nSPS) is 13.2. The topological polar surface area (TPSA) is 0 Å². The third kappa shape index (κ3) is 11.4. The SMILES string of the molecule is CCCCCCCCCCCCCCCCCCC(C)(Cl)c1ccccc1-c1cccc(C)c1. The van der Waals surface area contributed by atoms with E-state index in [4.69, 9.17) is 11.6 Å². The molecule has 0 saturated carbocycles. The summed E-state index contributed by atoms with van der Waals surface area (Å²) in [5.41, 5.74) is 5.11. The molecule has 0 aromatic heterocycles. The maximum atomic E-state index is 7.12. The van der Waals surface area contributed by atoms with Gasteiger partial charge in [0.2, 0.25) is 0 Å². The van der Waals surface area contributed by atoms with E-state index in [2.05, 4.69) is 69.3 Å². The van der Waals surface area contributed by atoms with E-state index in [0.29, 0.717) is 0 Å². The van der Waals surface area contributed by atoms with Crippen LogP contribution in [0.25, 0.3) is 11.1 Å². The molecule has 0 aliphatic heterocycles. The van der Waals surface area contributed by atoms with Gasteiger partial charge in [0.05, 0.1) is 4.87 Å². The molecule has 0 N–H and O–H groups in total. The van der Waals surface area contributed by atoms with Gasteiger partial charge in [0.1, 0.15) is 0 Å². The van der Waals surface area contributed by atoms with Crippen LogP contribution in [0.15, 0.2) is 48.5 Å². The highest BCUT2D eigenvalue weighted by Gasteiger charge is 2.26. The van der Waals surface area contributed by atoms with Gasteiger partial charge in [0.25, 0.3) is 0 Å². The van der Waals surface area contributed by atoms with Gasteiger partial charge in [-0.25, -0.2) is 0 Å². The molecule has 1 unspecified atom stereocenters. The number of alkyl halides is 1. The summed E-state index contributed by atoms with van der Waals surface area (Å²) in [5.74, 6) is 0. The minimum atomic E-state index is -0.309. The fourth-order valence-electron chi connectivity index (χ4n) is 5.14. The number of rotatable bonds is 19. The van der Waals surface area contributed by atoms with Crippen LogP contribution in [0.1, 0.15) is 134 Å². The van der Waals surface area contributed by atoms with E-state index >= 15 is 0 Å². The van der Waals surface area contributed by atoms with Crippen molar-refractivity contribution in [2.45, 2.75) is 135 Å². The Morgan fingerprint density at radius 3 is 1.65 bits per heavy atom. The van der Waals surface area contributed by atoms with Crippen LogP contribution in [0, 0.1) is 6.92 Å². The first-order valence-electron chi connectivity index (χ1n) is 14.4. The summed E-state index contributed by atoms with van der Waals surface area (Å²) in [6.45, 7) is 6.65. The molecule has 0 aliphatic carbocycles. The zero-order chi connectivity index (χ0) is 24.5. The van der Waals surface area contributed by atoms with Crippen LogP contribution in [0.2, 0.25) is 0 Å². The highest BCUT2D eigenvalue weighted by atomic mass is 35.5. The number of halogens is 1. The fraction of sp³-hybridized carbons (Fsp3) is 0.636. The first-order chi connectivity index (χ1) is 16.5. The van der Waals surface area contributed by atoms with Crippen LogP contribution < -0.4 is 0 Å². The lowest BCUT2D eigenvalue weighted by Crippen LogP contribution is -2.15. The van der Waals surface area contributed by atoms with Crippen molar-refractivity contribution in [2.24, 2.45) is 0 Å². The van der Waals surface area contributed by atoms with Gasteiger partial charge in [-0.1, -0.05) is 164 Å². The van der Waals surface area contributed by atoms with E-state index in [1.54, 1.807) is 0 Å². The van der Waals surface area contributed by atoms with E-state index in [0.717, 1.165) is 6.42 Å². The summed E-state index contributed by atoms with van der Waals surface area (Å²) in [7, 11) is 0. The molecule has 0 amide bonds. The van der Waals surface area contributed by atoms with Gasteiger partial charge in [-0.15, -0.1) is 11.6 Å². The third-order valence-electron chi connectivity index (χ3n) is 7.32. The Morgan fingerprint density at radius 1 is 0.618 bits per heavy atom. The van der Waals surface area contributed by atoms with Gasteiger partial charge >= 0.3 is 0 Å². The molecule has 0 radical (unpaired) electrons. The van der Waals surface area contributed by atoms with E-state index in [-0.39, 0.29) is 4.87 Å². The lowest BCUT2D eigenvalue weighted by atomic mass is 9.87. The molecule has 34 heavy (non-hydrogen) atoms. The molecular weight excluding hydrogens is 432 g/mol. The maximum Gasteiger partial charge on any atom is 0.0672 e. The molecular formula is C33H51Cl. The van der Waals surface area contributed by atoms with Crippen molar-refractivity contribution < 1.29 is 0 Å². The number of hydrogen-bond acceptors (Lipinski definition) is 0. The second kappa shape index (κ2) is 17.2. The Bertz CT molecular complexity index is 776. The quantitative estimate of drug-likeness (QED) is 0.138. The highest BCUT2D eigenvalue weighted by molar-refractivity contribution is 6.24. The minimum Gasteiger partial charge on any atom is -0.114 e. The second-order valence-corrected chi connectivity index (χ2v) is 11.5. The Morgan fingerprint density at radius 2 is 1.12 bits per heavy atom. The molecule has 0 aliphatic rings. The predicted octanol–water partition coefficient (Wildman–Crippen LogP) is 11.8. The monoisotopic (exact) mass is 482 g/mol. The van der Waals surface area contributed by atoms with Gasteiger partial charge in [0, 0.05) is 0 Å². The summed E-state index contributed by atoms with van der Waals surface area (Å²) in [6.07, 6.45) is 23.5. The summed E-state index contributed by atoms with van der Waals surface area (Å²) in [6, 6.07) is 17.5. The molecule has 0 bridgehead atoms. The molecule has 2 aromatic rings. The smallest absolute Gasteiger partial charge is 0.0672 e. The Balaban J connectivity index is 1.56. The molecule has 1 atom stereocenters. The van der Waals surface area contributed by atoms with Gasteiger partial charge in [0.15, 0.2) is 0 Å². The Kier molecular flexibility index (Phi) is 14.7. The van der Waals surface area contributed by atoms with E-state index < -0.39 is 0 Å². The standard InChI is InChI=1S/C33H51Cl/c1-4-5-6-7-8-9-10-11-12-13-14-15-16-17-18-21-27-33(3,34)32-26-20-19-25-31(32)30-24-22-23-29(2)28-30/h19-20,22-26,28H,4-18,21,27H2,1-3H3. The van der Waals surface area contributed by atoms with Crippen LogP contribution in [0.4, 0.5) is 0 Å². The van der Waals surface area contributed by atoms with Crippen molar-refractivity contribution in [3.63, 3.8) is 0 Å². The molecule has 0 saturated heterocycles. The lowest BCUT2D eigenvalue weighted by Gasteiger charge is -2.26. The summed E-state index contributed by atoms with van der Waals surface area (Å²) in [5, 5.41) is 0. The third-order valence-corrected chi connectivity index (χ3v) is 7.71. The number of hydrogen-bond donors (Lipinski definition) is 0. The molecule has 1 heteroatoms. The number of aryl methyl sites for hydroxylation is 1. The van der Waals surface area contributed by atoms with Crippen LogP contribution in [-0.2, 0) is 4.87 Å². The maximum absolute atomic E-state index is 7.12. The van der Waals surface area contributed by atoms with E-state index in [1.807, 2.05) is 0 Å². The fourth-order valence-corrected chi connectivity index (χ4v) is 5.44. The lowest BCUT2D eigenvalue weighted by molar-refractivity contribution is 0.509. The van der Waals surface area contributed by atoms with Crippen molar-refractivity contribution in [3.8, 4) is 11.1 Å². The largest absolute Gasteiger partial charge is 0.114 e. The molecule has 190 valence electrons. The van der Waals surface area contributed by atoms with Crippen molar-refractivity contribution in [1.29, 1.82) is 0 Å². The zero-order valence-corrected chi connectivity index (χ0v) is 23.3. The number of benzene rings is 2. The molecule has 0 spiro atoms. The molecule has 0 nitrogen and oxygen atoms in total. The Hall–Kier alpha value is -1.27. The van der Waals surface area contributed by atoms with Crippen LogP contribution in [-0.4, -0.2) is 0 Å². The van der Waals surface area contributed by atoms with Crippen molar-refractivity contribution >= 4 is 11.6 Å². The molecule has 0 fully saturated rings. The van der Waals surface area contributed by atoms with E-state index in [9.17, 15) is 0 Å². The summed E-state index contributed by atoms with van der Waals surface area (Å²) < 4.78 is 0. The zero-order valence-electron chi connectivity index (χ0n) is 22.5. The average Bonchev–Trinajstić information content (AvgIpc) is 2.84. The number of unbranched alkanes of at least 4 members (excludes halogenated alkanes) is 15. The highest BCUT2D eigenvalue weighted by Crippen LogP contribution is 2.40. The average molecular weight is 483 g/mol. The first-order valence-corrected chi connectivity index (χ1v) is 14.8. The predicted molar refractivity (Wildman–Crippen MR) is 154 cm³/mol. The van der Waals surface area contributed by atoms with Crippen molar-refractivity contribution in [3.05, 3.63) is 59.7 Å². The van der Waals surface area contributed by atoms with Crippen molar-refractivity contribution in [1.82, 2.24) is 0 Å². The van der Waals surface area contributed by atoms with Crippen LogP contribution >= 0.6 is 11.6 Å². The second-order valence-electron chi connectivity index (χ2n) is 10.7. The molecule has 2 rings (SSSR count). The minimum absolute atomic E-state index is 0.309. The van der Waals surface area contributed by atoms with E-state index in [1.165, 1.54) is 125 Å². The van der Waals surface area contributed by atoms with Crippen LogP contribution in [0.3, 0.4) is 0 Å². The van der Waals surface area contributed by atoms with Gasteiger partial charge in [-0.3, -0.25) is 0 Å². The summed E-state index contributed by atoms with van der Waals surface area (Å²) in [4.78, 5) is -0.309. The summed E-state index contributed by atoms with van der Waals surface area (Å²) >= 11 is 7.12. The molecule has 0 heterocycles. The first kappa shape index (κ1) is 29.0. The Labute approximate surface area is 216 Å². The van der Waals surface area contributed by atoms with Crippen molar-refractivity contribution in [2.75, 3.05) is 0 Å². The van der Waals surface area contributed by atoms with Gasteiger partial charge < -0.3 is 0 Å². The van der Waals surface area contributed by atoms with Crippen LogP contribution in [0.5, 0.6) is 0 Å². The van der Waals surface area contributed by atoms with Gasteiger partial charge in [-0.05, 0) is 37.0 Å². The molecule has 2 aromatic carbocycles.